The highest BCUT2D eigenvalue weighted by atomic mass is 32.2. The van der Waals surface area contributed by atoms with Gasteiger partial charge in [-0.25, -0.2) is 0 Å². The van der Waals surface area contributed by atoms with Crippen molar-refractivity contribution in [2.24, 2.45) is 5.41 Å². The van der Waals surface area contributed by atoms with Crippen molar-refractivity contribution in [3.8, 4) is 0 Å². The van der Waals surface area contributed by atoms with E-state index < -0.39 is 45.2 Å². The van der Waals surface area contributed by atoms with Gasteiger partial charge in [-0.2, -0.15) is 16.8 Å². The summed E-state index contributed by atoms with van der Waals surface area (Å²) in [4.78, 5) is -0.0226. The number of ether oxygens (including phenoxy) is 2. The maximum absolute atomic E-state index is 12.7. The first kappa shape index (κ1) is 24.5. The lowest BCUT2D eigenvalue weighted by molar-refractivity contribution is -0.244. The summed E-state index contributed by atoms with van der Waals surface area (Å²) in [7, 11) is -8.17. The minimum atomic E-state index is -4.09. The number of hydrogen-bond acceptors (Lipinski definition) is 8. The standard InChI is InChI=1S/C24H24O8S2/c25-33(26,21-12-6-2-7-13-21)31-18-24(19-32-34(27,28)22-14-8-3-9-15-22)16-29-23(30-17-24)20-10-4-1-5-11-20/h1-15,23H,16-19H2. The van der Waals surface area contributed by atoms with Gasteiger partial charge in [0.05, 0.1) is 41.6 Å². The molecule has 1 fully saturated rings. The van der Waals surface area contributed by atoms with Gasteiger partial charge < -0.3 is 9.47 Å². The molecule has 0 aromatic heterocycles. The van der Waals surface area contributed by atoms with Crippen molar-refractivity contribution in [1.29, 1.82) is 0 Å². The first-order valence-electron chi connectivity index (χ1n) is 10.5. The summed E-state index contributed by atoms with van der Waals surface area (Å²) in [5.41, 5.74) is -0.402. The van der Waals surface area contributed by atoms with E-state index in [0.717, 1.165) is 5.56 Å². The molecule has 0 atom stereocenters. The zero-order valence-corrected chi connectivity index (χ0v) is 19.8. The molecule has 3 aromatic rings. The predicted octanol–water partition coefficient (Wildman–Crippen LogP) is 3.53. The van der Waals surface area contributed by atoms with Crippen molar-refractivity contribution in [1.82, 2.24) is 0 Å². The number of hydrogen-bond donors (Lipinski definition) is 0. The molecule has 0 bridgehead atoms. The normalized spacial score (nSPS) is 16.8. The zero-order valence-electron chi connectivity index (χ0n) is 18.1. The molecule has 1 aliphatic rings. The van der Waals surface area contributed by atoms with Gasteiger partial charge in [-0.1, -0.05) is 66.7 Å². The Bertz CT molecular complexity index is 1200. The van der Waals surface area contributed by atoms with Crippen LogP contribution in [0.15, 0.2) is 101 Å². The quantitative estimate of drug-likeness (QED) is 0.408. The fourth-order valence-corrected chi connectivity index (χ4v) is 5.38. The molecule has 0 amide bonds. The largest absolute Gasteiger partial charge is 0.348 e. The molecule has 0 spiro atoms. The lowest BCUT2D eigenvalue weighted by Gasteiger charge is -2.39. The van der Waals surface area contributed by atoms with Crippen LogP contribution in [-0.2, 0) is 38.1 Å². The zero-order chi connectivity index (χ0) is 24.1. The molecular formula is C24H24O8S2. The third-order valence-electron chi connectivity index (χ3n) is 5.26. The number of rotatable bonds is 9. The van der Waals surface area contributed by atoms with Gasteiger partial charge in [0, 0.05) is 5.56 Å². The molecule has 1 heterocycles. The van der Waals surface area contributed by atoms with Crippen molar-refractivity contribution >= 4 is 20.2 Å². The summed E-state index contributed by atoms with van der Waals surface area (Å²) in [6, 6.07) is 24.6. The Hall–Kier alpha value is -2.60. The summed E-state index contributed by atoms with van der Waals surface area (Å²) in [6.07, 6.45) is -0.675. The Labute approximate surface area is 199 Å². The second-order valence-corrected chi connectivity index (χ2v) is 11.2. The van der Waals surface area contributed by atoms with E-state index in [1.807, 2.05) is 30.3 Å². The third-order valence-corrected chi connectivity index (χ3v) is 7.81. The highest BCUT2D eigenvalue weighted by Crippen LogP contribution is 2.34. The van der Waals surface area contributed by atoms with Crippen LogP contribution in [0.3, 0.4) is 0 Å². The van der Waals surface area contributed by atoms with Crippen molar-refractivity contribution in [3.63, 3.8) is 0 Å². The second-order valence-electron chi connectivity index (χ2n) is 7.92. The Morgan fingerprint density at radius 2 is 1.03 bits per heavy atom. The summed E-state index contributed by atoms with van der Waals surface area (Å²) < 4.78 is 73.0. The highest BCUT2D eigenvalue weighted by molar-refractivity contribution is 7.87. The topological polar surface area (TPSA) is 105 Å². The Kier molecular flexibility index (Phi) is 7.46. The monoisotopic (exact) mass is 504 g/mol. The van der Waals surface area contributed by atoms with E-state index >= 15 is 0 Å². The van der Waals surface area contributed by atoms with Crippen LogP contribution in [0.2, 0.25) is 0 Å². The summed E-state index contributed by atoms with van der Waals surface area (Å²) in [5, 5.41) is 0. The van der Waals surface area contributed by atoms with Crippen LogP contribution >= 0.6 is 0 Å². The fourth-order valence-electron chi connectivity index (χ4n) is 3.32. The number of benzene rings is 3. The third kappa shape index (κ3) is 5.90. The van der Waals surface area contributed by atoms with Gasteiger partial charge in [0.1, 0.15) is 0 Å². The van der Waals surface area contributed by atoms with Crippen LogP contribution in [0.25, 0.3) is 0 Å². The summed E-state index contributed by atoms with van der Waals surface area (Å²) in [6.45, 7) is -0.867. The van der Waals surface area contributed by atoms with E-state index in [9.17, 15) is 16.8 Å². The summed E-state index contributed by atoms with van der Waals surface area (Å²) >= 11 is 0. The van der Waals surface area contributed by atoms with Gasteiger partial charge in [-0.05, 0) is 24.3 Å². The molecule has 0 N–H and O–H groups in total. The van der Waals surface area contributed by atoms with Gasteiger partial charge in [0.2, 0.25) is 0 Å². The highest BCUT2D eigenvalue weighted by Gasteiger charge is 2.41. The minimum Gasteiger partial charge on any atom is -0.348 e. The minimum absolute atomic E-state index is 0.0113. The Morgan fingerprint density at radius 3 is 1.44 bits per heavy atom. The Balaban J connectivity index is 1.51. The van der Waals surface area contributed by atoms with Gasteiger partial charge in [0.15, 0.2) is 6.29 Å². The molecule has 0 saturated carbocycles. The lowest BCUT2D eigenvalue weighted by atomic mass is 9.91. The van der Waals surface area contributed by atoms with E-state index in [1.54, 1.807) is 36.4 Å². The van der Waals surface area contributed by atoms with E-state index in [4.69, 9.17) is 17.8 Å². The average molecular weight is 505 g/mol. The van der Waals surface area contributed by atoms with Crippen LogP contribution in [0.4, 0.5) is 0 Å². The van der Waals surface area contributed by atoms with Crippen LogP contribution in [-0.4, -0.2) is 43.3 Å². The van der Waals surface area contributed by atoms with E-state index in [2.05, 4.69) is 0 Å². The Morgan fingerprint density at radius 1 is 0.647 bits per heavy atom. The second kappa shape index (κ2) is 10.3. The van der Waals surface area contributed by atoms with Gasteiger partial charge >= 0.3 is 0 Å². The lowest BCUT2D eigenvalue weighted by Crippen LogP contribution is -2.46. The molecule has 0 unspecified atom stereocenters. The molecule has 1 saturated heterocycles. The van der Waals surface area contributed by atoms with Crippen LogP contribution in [0.5, 0.6) is 0 Å². The molecule has 8 nitrogen and oxygen atoms in total. The smallest absolute Gasteiger partial charge is 0.296 e. The molecule has 0 radical (unpaired) electrons. The molecule has 34 heavy (non-hydrogen) atoms. The van der Waals surface area contributed by atoms with Gasteiger partial charge in [0.25, 0.3) is 20.2 Å². The summed E-state index contributed by atoms with van der Waals surface area (Å²) in [5.74, 6) is 0. The van der Waals surface area contributed by atoms with Gasteiger partial charge in [-0.15, -0.1) is 0 Å². The van der Waals surface area contributed by atoms with Crippen LogP contribution in [0.1, 0.15) is 11.9 Å². The molecule has 3 aromatic carbocycles. The maximum Gasteiger partial charge on any atom is 0.296 e. The molecular weight excluding hydrogens is 480 g/mol. The van der Waals surface area contributed by atoms with Crippen molar-refractivity contribution in [2.45, 2.75) is 16.1 Å². The molecule has 10 heteroatoms. The van der Waals surface area contributed by atoms with Crippen LogP contribution < -0.4 is 0 Å². The van der Waals surface area contributed by atoms with Crippen molar-refractivity contribution in [2.75, 3.05) is 26.4 Å². The SMILES string of the molecule is O=S(=O)(OCC1(COS(=O)(=O)c2ccccc2)COC(c2ccccc2)OC1)c1ccccc1. The first-order valence-corrected chi connectivity index (χ1v) is 13.3. The van der Waals surface area contributed by atoms with Gasteiger partial charge in [-0.3, -0.25) is 8.37 Å². The van der Waals surface area contributed by atoms with E-state index in [1.165, 1.54) is 24.3 Å². The fraction of sp³-hybridized carbons (Fsp3) is 0.250. The van der Waals surface area contributed by atoms with Crippen LogP contribution in [0, 0.1) is 5.41 Å². The molecule has 0 aliphatic carbocycles. The van der Waals surface area contributed by atoms with Crippen molar-refractivity contribution < 1.29 is 34.7 Å². The predicted molar refractivity (Wildman–Crippen MR) is 123 cm³/mol. The molecule has 1 aliphatic heterocycles. The maximum atomic E-state index is 12.7. The van der Waals surface area contributed by atoms with Crippen molar-refractivity contribution in [3.05, 3.63) is 96.6 Å². The van der Waals surface area contributed by atoms with E-state index in [0.29, 0.717) is 0 Å². The molecule has 180 valence electrons. The molecule has 4 rings (SSSR count). The van der Waals surface area contributed by atoms with E-state index in [-0.39, 0.29) is 23.0 Å². The average Bonchev–Trinajstić information content (AvgIpc) is 2.89. The first-order chi connectivity index (χ1) is 16.3.